The third-order valence-corrected chi connectivity index (χ3v) is 4.43. The third kappa shape index (κ3) is 3.79. The molecule has 0 aliphatic rings. The molecule has 3 aromatic rings. The molecule has 6 heteroatoms. The summed E-state index contributed by atoms with van der Waals surface area (Å²) in [6, 6.07) is 9.19. The van der Waals surface area contributed by atoms with Gasteiger partial charge in [0.25, 0.3) is 5.56 Å². The van der Waals surface area contributed by atoms with Crippen molar-refractivity contribution in [3.8, 4) is 0 Å². The van der Waals surface area contributed by atoms with E-state index in [1.54, 1.807) is 10.6 Å². The highest BCUT2D eigenvalue weighted by molar-refractivity contribution is 5.78. The molecule has 0 aliphatic heterocycles. The molecule has 1 aromatic carbocycles. The van der Waals surface area contributed by atoms with E-state index in [4.69, 9.17) is 0 Å². The number of carbonyl (C=O) groups is 1. The number of hydrogen-bond donors (Lipinski definition) is 2. The van der Waals surface area contributed by atoms with E-state index >= 15 is 0 Å². The van der Waals surface area contributed by atoms with Gasteiger partial charge in [0, 0.05) is 24.7 Å². The number of aryl methyl sites for hydroxylation is 3. The zero-order chi connectivity index (χ0) is 18.0. The monoisotopic (exact) mass is 338 g/mol. The van der Waals surface area contributed by atoms with Crippen LogP contribution in [-0.2, 0) is 17.9 Å². The number of nitrogens with one attached hydrogen (secondary N) is 2. The Balaban J connectivity index is 1.60. The van der Waals surface area contributed by atoms with Gasteiger partial charge >= 0.3 is 0 Å². The van der Waals surface area contributed by atoms with E-state index in [1.165, 1.54) is 17.2 Å². The van der Waals surface area contributed by atoms with Crippen LogP contribution in [0.1, 0.15) is 29.1 Å². The smallest absolute Gasteiger partial charge is 0.250 e. The number of nitrogens with zero attached hydrogens (tertiary/aromatic N) is 2. The van der Waals surface area contributed by atoms with Crippen LogP contribution in [0.5, 0.6) is 0 Å². The summed E-state index contributed by atoms with van der Waals surface area (Å²) >= 11 is 0. The first-order valence-corrected chi connectivity index (χ1v) is 8.33. The Morgan fingerprint density at radius 2 is 1.96 bits per heavy atom. The van der Waals surface area contributed by atoms with Gasteiger partial charge in [-0.2, -0.15) is 0 Å². The van der Waals surface area contributed by atoms with Gasteiger partial charge in [0.15, 0.2) is 0 Å². The molecule has 0 radical (unpaired) electrons. The lowest BCUT2D eigenvalue weighted by molar-refractivity contribution is -0.121. The molecule has 2 N–H and O–H groups in total. The van der Waals surface area contributed by atoms with Gasteiger partial charge in [-0.15, -0.1) is 0 Å². The fraction of sp³-hybridized carbons (Fsp3) is 0.316. The number of pyridine rings is 1. The number of benzene rings is 1. The zero-order valence-corrected chi connectivity index (χ0v) is 14.7. The lowest BCUT2D eigenvalue weighted by Crippen LogP contribution is -2.28. The number of aromatic amines is 1. The minimum atomic E-state index is -0.108. The number of carbonyl (C=O) groups excluding carboxylic acids is 1. The quantitative estimate of drug-likeness (QED) is 0.749. The Kier molecular flexibility index (Phi) is 4.70. The lowest BCUT2D eigenvalue weighted by Gasteiger charge is -2.09. The summed E-state index contributed by atoms with van der Waals surface area (Å²) in [5, 5.41) is 2.85. The first-order valence-electron chi connectivity index (χ1n) is 8.33. The van der Waals surface area contributed by atoms with E-state index in [1.807, 2.05) is 19.1 Å². The van der Waals surface area contributed by atoms with Crippen LogP contribution in [0.4, 0.5) is 0 Å². The second kappa shape index (κ2) is 6.93. The van der Waals surface area contributed by atoms with Gasteiger partial charge in [-0.1, -0.05) is 6.07 Å². The minimum absolute atomic E-state index is 0.0872. The number of H-pyrrole nitrogens is 1. The van der Waals surface area contributed by atoms with Crippen LogP contribution < -0.4 is 10.9 Å². The Labute approximate surface area is 145 Å². The normalized spacial score (nSPS) is 11.0. The highest BCUT2D eigenvalue weighted by Crippen LogP contribution is 2.17. The molecule has 2 heterocycles. The maximum Gasteiger partial charge on any atom is 0.250 e. The summed E-state index contributed by atoms with van der Waals surface area (Å²) < 4.78 is 1.60. The van der Waals surface area contributed by atoms with Crippen molar-refractivity contribution >= 4 is 16.9 Å². The number of hydrogen-bond acceptors (Lipinski definition) is 3. The Morgan fingerprint density at radius 1 is 1.20 bits per heavy atom. The van der Waals surface area contributed by atoms with Crippen LogP contribution in [0.25, 0.3) is 11.0 Å². The second-order valence-electron chi connectivity index (χ2n) is 6.32. The molecule has 0 fully saturated rings. The first-order chi connectivity index (χ1) is 11.9. The Morgan fingerprint density at radius 3 is 2.72 bits per heavy atom. The topological polar surface area (TPSA) is 79.8 Å². The van der Waals surface area contributed by atoms with Crippen LogP contribution in [-0.4, -0.2) is 20.4 Å². The molecule has 0 atom stereocenters. The van der Waals surface area contributed by atoms with E-state index in [0.29, 0.717) is 13.1 Å². The predicted molar refractivity (Wildman–Crippen MR) is 97.5 cm³/mol. The number of amides is 1. The van der Waals surface area contributed by atoms with Gasteiger partial charge < -0.3 is 14.9 Å². The van der Waals surface area contributed by atoms with Gasteiger partial charge in [0.2, 0.25) is 5.91 Å². The van der Waals surface area contributed by atoms with E-state index in [0.717, 1.165) is 22.6 Å². The maximum atomic E-state index is 12.1. The van der Waals surface area contributed by atoms with Gasteiger partial charge in [0.05, 0.1) is 17.6 Å². The average molecular weight is 338 g/mol. The SMILES string of the molecule is Cc1cc2nc(CNC(=O)CCn3c(C)cccc3=O)[nH]c2cc1C. The van der Waals surface area contributed by atoms with E-state index < -0.39 is 0 Å². The van der Waals surface area contributed by atoms with Crippen LogP contribution in [0, 0.1) is 20.8 Å². The summed E-state index contributed by atoms with van der Waals surface area (Å²) in [5.41, 5.74) is 5.03. The van der Waals surface area contributed by atoms with Crippen LogP contribution in [0.3, 0.4) is 0 Å². The van der Waals surface area contributed by atoms with Crippen LogP contribution in [0.2, 0.25) is 0 Å². The number of rotatable bonds is 5. The fourth-order valence-corrected chi connectivity index (χ4v) is 2.80. The Hall–Kier alpha value is -2.89. The fourth-order valence-electron chi connectivity index (χ4n) is 2.80. The van der Waals surface area contributed by atoms with Gasteiger partial charge in [-0.3, -0.25) is 9.59 Å². The molecule has 0 saturated heterocycles. The lowest BCUT2D eigenvalue weighted by atomic mass is 10.1. The molecule has 0 spiro atoms. The summed E-state index contributed by atoms with van der Waals surface area (Å²) in [5.74, 6) is 0.615. The van der Waals surface area contributed by atoms with Crippen molar-refractivity contribution in [2.45, 2.75) is 40.3 Å². The molecule has 0 unspecified atom stereocenters. The van der Waals surface area contributed by atoms with Crippen molar-refractivity contribution in [1.82, 2.24) is 19.9 Å². The molecule has 25 heavy (non-hydrogen) atoms. The molecular formula is C19H22N4O2. The molecule has 1 amide bonds. The summed E-state index contributed by atoms with van der Waals surface area (Å²) in [6.45, 7) is 6.69. The minimum Gasteiger partial charge on any atom is -0.349 e. The molecule has 0 saturated carbocycles. The molecular weight excluding hydrogens is 316 g/mol. The highest BCUT2D eigenvalue weighted by atomic mass is 16.1. The highest BCUT2D eigenvalue weighted by Gasteiger charge is 2.08. The molecule has 6 nitrogen and oxygen atoms in total. The van der Waals surface area contributed by atoms with Crippen molar-refractivity contribution in [2.24, 2.45) is 0 Å². The summed E-state index contributed by atoms with van der Waals surface area (Å²) in [4.78, 5) is 31.6. The molecule has 3 rings (SSSR count). The number of fused-ring (bicyclic) bond motifs is 1. The van der Waals surface area contributed by atoms with Crippen molar-refractivity contribution in [3.63, 3.8) is 0 Å². The molecule has 2 aromatic heterocycles. The van der Waals surface area contributed by atoms with E-state index in [2.05, 4.69) is 35.2 Å². The number of imidazole rings is 1. The molecule has 0 aliphatic carbocycles. The van der Waals surface area contributed by atoms with Crippen molar-refractivity contribution in [2.75, 3.05) is 0 Å². The second-order valence-corrected chi connectivity index (χ2v) is 6.32. The van der Waals surface area contributed by atoms with Crippen molar-refractivity contribution in [3.05, 3.63) is 63.3 Å². The summed E-state index contributed by atoms with van der Waals surface area (Å²) in [7, 11) is 0. The van der Waals surface area contributed by atoms with E-state index in [-0.39, 0.29) is 17.9 Å². The average Bonchev–Trinajstić information content (AvgIpc) is 2.94. The third-order valence-electron chi connectivity index (χ3n) is 4.43. The predicted octanol–water partition coefficient (Wildman–Crippen LogP) is 2.36. The van der Waals surface area contributed by atoms with Crippen molar-refractivity contribution in [1.29, 1.82) is 0 Å². The van der Waals surface area contributed by atoms with Crippen LogP contribution >= 0.6 is 0 Å². The van der Waals surface area contributed by atoms with Gasteiger partial charge in [-0.05, 0) is 50.1 Å². The Bertz CT molecular complexity index is 946. The largest absolute Gasteiger partial charge is 0.349 e. The van der Waals surface area contributed by atoms with Crippen LogP contribution in [0.15, 0.2) is 35.1 Å². The van der Waals surface area contributed by atoms with E-state index in [9.17, 15) is 9.59 Å². The zero-order valence-electron chi connectivity index (χ0n) is 14.7. The van der Waals surface area contributed by atoms with Crippen molar-refractivity contribution < 1.29 is 4.79 Å². The first kappa shape index (κ1) is 17.0. The van der Waals surface area contributed by atoms with Gasteiger partial charge in [-0.25, -0.2) is 4.98 Å². The summed E-state index contributed by atoms with van der Waals surface area (Å²) in [6.07, 6.45) is 0.253. The van der Waals surface area contributed by atoms with Gasteiger partial charge in [0.1, 0.15) is 5.82 Å². The standard InChI is InChI=1S/C19H22N4O2/c1-12-9-15-16(10-13(12)2)22-17(21-15)11-20-18(24)7-8-23-14(3)5-4-6-19(23)25/h4-6,9-10H,7-8,11H2,1-3H3,(H,20,24)(H,21,22). The maximum absolute atomic E-state index is 12.1. The molecule has 0 bridgehead atoms. The number of aromatic nitrogens is 3. The molecule has 130 valence electrons.